The molecule has 0 atom stereocenters. The largest absolute Gasteiger partial charge is 0.451 e. The minimum absolute atomic E-state index is 0.272. The van der Waals surface area contributed by atoms with Crippen LogP contribution in [0.2, 0.25) is 0 Å². The van der Waals surface area contributed by atoms with Gasteiger partial charge in [-0.1, -0.05) is 121 Å². The molecule has 0 N–H and O–H groups in total. The van der Waals surface area contributed by atoms with Crippen LogP contribution in [0.5, 0.6) is 0 Å². The smallest absolute Gasteiger partial charge is 0.328 e. The van der Waals surface area contributed by atoms with Gasteiger partial charge < -0.3 is 4.74 Å². The van der Waals surface area contributed by atoms with E-state index in [1.807, 2.05) is 121 Å². The number of esters is 1. The number of benzene rings is 4. The fourth-order valence-electron chi connectivity index (χ4n) is 4.02. The zero-order valence-electron chi connectivity index (χ0n) is 18.3. The second kappa shape index (κ2) is 10.4. The van der Waals surface area contributed by atoms with Crippen molar-refractivity contribution in [3.63, 3.8) is 0 Å². The van der Waals surface area contributed by atoms with E-state index >= 15 is 0 Å². The number of carbonyl (C=O) groups excluding carboxylic acids is 1. The monoisotopic (exact) mass is 431 g/mol. The van der Waals surface area contributed by atoms with Gasteiger partial charge in [0.2, 0.25) is 0 Å². The minimum Gasteiger partial charge on any atom is -0.451 e. The van der Waals surface area contributed by atoms with Crippen LogP contribution in [0, 0.1) is 16.7 Å². The van der Waals surface area contributed by atoms with Crippen molar-refractivity contribution < 1.29 is 9.53 Å². The van der Waals surface area contributed by atoms with Crippen LogP contribution in [0.4, 0.5) is 0 Å². The Labute approximate surface area is 194 Å². The molecule has 0 aromatic heterocycles. The number of ether oxygens (including phenoxy) is 1. The molecule has 4 aromatic carbocycles. The Bertz CT molecular complexity index is 1120. The van der Waals surface area contributed by atoms with E-state index in [0.717, 1.165) is 22.3 Å². The normalized spacial score (nSPS) is 11.0. The van der Waals surface area contributed by atoms with E-state index in [0.29, 0.717) is 0 Å². The maximum Gasteiger partial charge on any atom is 0.328 e. The summed E-state index contributed by atoms with van der Waals surface area (Å²) in [5.74, 6) is -0.518. The Morgan fingerprint density at radius 2 is 1.03 bits per heavy atom. The van der Waals surface area contributed by atoms with Crippen LogP contribution in [0.15, 0.2) is 121 Å². The molecule has 162 valence electrons. The molecule has 0 amide bonds. The second-order valence-electron chi connectivity index (χ2n) is 8.13. The lowest BCUT2D eigenvalue weighted by Gasteiger charge is -2.28. The van der Waals surface area contributed by atoms with Crippen LogP contribution in [0.25, 0.3) is 0 Å². The number of nitriles is 1. The molecule has 0 aliphatic heterocycles. The molecule has 0 saturated heterocycles. The summed E-state index contributed by atoms with van der Waals surface area (Å²) in [6, 6.07) is 40.9. The number of rotatable bonds is 8. The summed E-state index contributed by atoms with van der Waals surface area (Å²) in [5, 5.41) is 10.4. The lowest BCUT2D eigenvalue weighted by atomic mass is 9.77. The van der Waals surface area contributed by atoms with Crippen molar-refractivity contribution in [1.82, 2.24) is 0 Å². The number of nitrogens with zero attached hydrogens (tertiary/aromatic N) is 1. The highest BCUT2D eigenvalue weighted by atomic mass is 16.5. The maximum absolute atomic E-state index is 13.8. The van der Waals surface area contributed by atoms with Crippen molar-refractivity contribution in [3.05, 3.63) is 144 Å². The fraction of sp³-hybridized carbons (Fsp3) is 0.133. The van der Waals surface area contributed by atoms with Gasteiger partial charge in [-0.15, -0.1) is 0 Å². The van der Waals surface area contributed by atoms with Crippen molar-refractivity contribution in [3.8, 4) is 6.07 Å². The third-order valence-electron chi connectivity index (χ3n) is 5.73. The van der Waals surface area contributed by atoms with Crippen molar-refractivity contribution in [2.75, 3.05) is 0 Å². The zero-order chi connectivity index (χ0) is 22.9. The van der Waals surface area contributed by atoms with Crippen LogP contribution in [-0.2, 0) is 22.4 Å². The summed E-state index contributed by atoms with van der Waals surface area (Å²) in [4.78, 5) is 13.8. The standard InChI is InChI=1S/C30H25NO2/c31-23-30(21-24-13-5-1-6-14-24,22-25-15-7-2-8-16-25)29(32)33-28(26-17-9-3-10-18-26)27-19-11-4-12-20-27/h1-20,28H,21-22H2. The highest BCUT2D eigenvalue weighted by Crippen LogP contribution is 2.34. The van der Waals surface area contributed by atoms with Crippen LogP contribution in [0.3, 0.4) is 0 Å². The topological polar surface area (TPSA) is 50.1 Å². The van der Waals surface area contributed by atoms with E-state index in [1.165, 1.54) is 0 Å². The Morgan fingerprint density at radius 1 is 0.667 bits per heavy atom. The quantitative estimate of drug-likeness (QED) is 0.307. The van der Waals surface area contributed by atoms with Crippen LogP contribution in [-0.4, -0.2) is 5.97 Å². The summed E-state index contributed by atoms with van der Waals surface area (Å²) < 4.78 is 6.16. The van der Waals surface area contributed by atoms with Crippen molar-refractivity contribution in [2.24, 2.45) is 5.41 Å². The van der Waals surface area contributed by atoms with Crippen LogP contribution in [0.1, 0.15) is 28.4 Å². The van der Waals surface area contributed by atoms with Gasteiger partial charge in [0.15, 0.2) is 11.5 Å². The Balaban J connectivity index is 1.72. The first-order valence-electron chi connectivity index (χ1n) is 11.0. The first-order chi connectivity index (χ1) is 16.2. The molecule has 0 spiro atoms. The molecule has 3 nitrogen and oxygen atoms in total. The lowest BCUT2D eigenvalue weighted by Crippen LogP contribution is -2.37. The molecule has 0 saturated carbocycles. The SMILES string of the molecule is N#CC(Cc1ccccc1)(Cc1ccccc1)C(=O)OC(c1ccccc1)c1ccccc1. The summed E-state index contributed by atoms with van der Waals surface area (Å²) in [7, 11) is 0. The predicted octanol–water partition coefficient (Wildman–Crippen LogP) is 6.31. The number of hydrogen-bond acceptors (Lipinski definition) is 3. The molecule has 0 aliphatic carbocycles. The molecule has 3 heteroatoms. The second-order valence-corrected chi connectivity index (χ2v) is 8.13. The number of carbonyl (C=O) groups is 1. The first-order valence-corrected chi connectivity index (χ1v) is 11.0. The van der Waals surface area contributed by atoms with E-state index in [1.54, 1.807) is 0 Å². The average Bonchev–Trinajstić information content (AvgIpc) is 2.89. The molecule has 33 heavy (non-hydrogen) atoms. The maximum atomic E-state index is 13.8. The van der Waals surface area contributed by atoms with Gasteiger partial charge in [0.05, 0.1) is 6.07 Å². The summed E-state index contributed by atoms with van der Waals surface area (Å²) in [6.45, 7) is 0. The van der Waals surface area contributed by atoms with Gasteiger partial charge in [0, 0.05) is 12.8 Å². The predicted molar refractivity (Wildman–Crippen MR) is 129 cm³/mol. The highest BCUT2D eigenvalue weighted by Gasteiger charge is 2.42. The molecule has 0 heterocycles. The average molecular weight is 432 g/mol. The van der Waals surface area contributed by atoms with Gasteiger partial charge >= 0.3 is 5.97 Å². The fourth-order valence-corrected chi connectivity index (χ4v) is 4.02. The van der Waals surface area contributed by atoms with Crippen molar-refractivity contribution in [1.29, 1.82) is 5.26 Å². The summed E-state index contributed by atoms with van der Waals surface area (Å²) in [5.41, 5.74) is 2.21. The molecule has 4 aromatic rings. The Kier molecular flexibility index (Phi) is 6.97. The van der Waals surface area contributed by atoms with Gasteiger partial charge in [-0.3, -0.25) is 4.79 Å². The van der Waals surface area contributed by atoms with E-state index in [2.05, 4.69) is 6.07 Å². The van der Waals surface area contributed by atoms with Crippen molar-refractivity contribution >= 4 is 5.97 Å². The number of hydrogen-bond donors (Lipinski definition) is 0. The van der Waals surface area contributed by atoms with Crippen molar-refractivity contribution in [2.45, 2.75) is 18.9 Å². The molecular formula is C30H25NO2. The van der Waals surface area contributed by atoms with Gasteiger partial charge in [0.1, 0.15) is 0 Å². The van der Waals surface area contributed by atoms with Crippen LogP contribution < -0.4 is 0 Å². The molecular weight excluding hydrogens is 406 g/mol. The van der Waals surface area contributed by atoms with Gasteiger partial charge in [-0.2, -0.15) is 5.26 Å². The van der Waals surface area contributed by atoms with Gasteiger partial charge in [0.25, 0.3) is 0 Å². The molecule has 0 aliphatic rings. The third kappa shape index (κ3) is 5.37. The zero-order valence-corrected chi connectivity index (χ0v) is 18.3. The van der Waals surface area contributed by atoms with Gasteiger partial charge in [-0.25, -0.2) is 0 Å². The van der Waals surface area contributed by atoms with E-state index < -0.39 is 17.5 Å². The summed E-state index contributed by atoms with van der Waals surface area (Å²) in [6.07, 6.45) is -0.0536. The Morgan fingerprint density at radius 3 is 1.39 bits per heavy atom. The molecule has 0 fully saturated rings. The first kappa shape index (κ1) is 22.0. The van der Waals surface area contributed by atoms with E-state index in [-0.39, 0.29) is 12.8 Å². The van der Waals surface area contributed by atoms with E-state index in [9.17, 15) is 10.1 Å². The van der Waals surface area contributed by atoms with E-state index in [4.69, 9.17) is 4.74 Å². The summed E-state index contributed by atoms with van der Waals surface area (Å²) >= 11 is 0. The molecule has 0 radical (unpaired) electrons. The van der Waals surface area contributed by atoms with Crippen LogP contribution >= 0.6 is 0 Å². The highest BCUT2D eigenvalue weighted by molar-refractivity contribution is 5.81. The van der Waals surface area contributed by atoms with Gasteiger partial charge in [-0.05, 0) is 22.3 Å². The molecule has 0 bridgehead atoms. The molecule has 0 unspecified atom stereocenters. The lowest BCUT2D eigenvalue weighted by molar-refractivity contribution is -0.156. The Hall–Kier alpha value is -4.16. The third-order valence-corrected chi connectivity index (χ3v) is 5.73. The molecule has 4 rings (SSSR count). The minimum atomic E-state index is -1.36.